The van der Waals surface area contributed by atoms with Crippen LogP contribution in [0.2, 0.25) is 0 Å². The highest BCUT2D eigenvalue weighted by Gasteiger charge is 2.37. The second kappa shape index (κ2) is 4.98. The summed E-state index contributed by atoms with van der Waals surface area (Å²) in [6.07, 6.45) is 3.28. The molecule has 3 aliphatic rings. The molecule has 6 heteroatoms. The van der Waals surface area contributed by atoms with Crippen LogP contribution >= 0.6 is 0 Å². The van der Waals surface area contributed by atoms with E-state index in [-0.39, 0.29) is 24.5 Å². The van der Waals surface area contributed by atoms with E-state index < -0.39 is 6.17 Å². The highest BCUT2D eigenvalue weighted by molar-refractivity contribution is 5.85. The molecule has 0 unspecified atom stereocenters. The Kier molecular flexibility index (Phi) is 3.33. The molecule has 0 bridgehead atoms. The molecular formula is C13H20FN3O2. The Bertz CT molecular complexity index is 386. The first-order chi connectivity index (χ1) is 9.15. The Balaban J connectivity index is 1.52. The summed E-state index contributed by atoms with van der Waals surface area (Å²) in [5, 5.41) is 2.72. The summed E-state index contributed by atoms with van der Waals surface area (Å²) in [6, 6.07) is -0.259. The number of amides is 3. The highest BCUT2D eigenvalue weighted by atomic mass is 19.1. The van der Waals surface area contributed by atoms with Crippen molar-refractivity contribution >= 4 is 11.9 Å². The van der Waals surface area contributed by atoms with Gasteiger partial charge < -0.3 is 15.1 Å². The molecule has 0 radical (unpaired) electrons. The first kappa shape index (κ1) is 12.7. The number of urea groups is 1. The molecular weight excluding hydrogens is 249 g/mol. The van der Waals surface area contributed by atoms with Gasteiger partial charge in [-0.1, -0.05) is 0 Å². The quantitative estimate of drug-likeness (QED) is 0.809. The lowest BCUT2D eigenvalue weighted by molar-refractivity contribution is -0.135. The van der Waals surface area contributed by atoms with Gasteiger partial charge in [-0.15, -0.1) is 0 Å². The third-order valence-corrected chi connectivity index (χ3v) is 4.27. The first-order valence-electron chi connectivity index (χ1n) is 7.14. The predicted octanol–water partition coefficient (Wildman–Crippen LogP) is 0.893. The smallest absolute Gasteiger partial charge is 0.318 e. The second-order valence-electron chi connectivity index (χ2n) is 5.74. The Hall–Kier alpha value is -1.33. The van der Waals surface area contributed by atoms with E-state index in [0.29, 0.717) is 32.0 Å². The van der Waals surface area contributed by atoms with Crippen LogP contribution in [0.25, 0.3) is 0 Å². The summed E-state index contributed by atoms with van der Waals surface area (Å²) in [5.74, 6) is 0.0205. The zero-order valence-corrected chi connectivity index (χ0v) is 11.0. The van der Waals surface area contributed by atoms with Crippen LogP contribution in [-0.4, -0.2) is 59.6 Å². The lowest BCUT2D eigenvalue weighted by atomic mass is 10.2. The largest absolute Gasteiger partial charge is 0.336 e. The SMILES string of the molecule is O=C(N[C@H]1CCC[C@H]1F)N1CCN(C2CC2)C(=O)C1. The topological polar surface area (TPSA) is 52.7 Å². The molecule has 1 aliphatic heterocycles. The van der Waals surface area contributed by atoms with Gasteiger partial charge in [0.1, 0.15) is 12.7 Å². The number of carbonyl (C=O) groups is 2. The summed E-state index contributed by atoms with van der Waals surface area (Å²) in [6.45, 7) is 1.30. The van der Waals surface area contributed by atoms with Crippen LogP contribution in [-0.2, 0) is 4.79 Å². The van der Waals surface area contributed by atoms with Gasteiger partial charge in [-0.25, -0.2) is 9.18 Å². The number of piperazine rings is 1. The molecule has 0 aromatic carbocycles. The molecule has 5 nitrogen and oxygen atoms in total. The molecule has 0 spiro atoms. The summed E-state index contributed by atoms with van der Waals surface area (Å²) >= 11 is 0. The van der Waals surface area contributed by atoms with Crippen molar-refractivity contribution in [3.05, 3.63) is 0 Å². The molecule has 0 aromatic rings. The number of halogens is 1. The third-order valence-electron chi connectivity index (χ3n) is 4.27. The maximum atomic E-state index is 13.5. The lowest BCUT2D eigenvalue weighted by Crippen LogP contribution is -2.56. The molecule has 1 N–H and O–H groups in total. The number of hydrogen-bond donors (Lipinski definition) is 1. The Morgan fingerprint density at radius 1 is 1.21 bits per heavy atom. The maximum absolute atomic E-state index is 13.5. The van der Waals surface area contributed by atoms with E-state index in [1.54, 1.807) is 0 Å². The summed E-state index contributed by atoms with van der Waals surface area (Å²) in [7, 11) is 0. The molecule has 1 heterocycles. The normalized spacial score (nSPS) is 31.7. The minimum atomic E-state index is -0.938. The van der Waals surface area contributed by atoms with E-state index in [4.69, 9.17) is 0 Å². The molecule has 3 fully saturated rings. The van der Waals surface area contributed by atoms with Gasteiger partial charge in [0.25, 0.3) is 0 Å². The zero-order valence-electron chi connectivity index (χ0n) is 11.0. The Morgan fingerprint density at radius 2 is 2.00 bits per heavy atom. The van der Waals surface area contributed by atoms with Crippen LogP contribution in [0.15, 0.2) is 0 Å². The lowest BCUT2D eigenvalue weighted by Gasteiger charge is -2.35. The van der Waals surface area contributed by atoms with E-state index in [1.165, 1.54) is 4.90 Å². The van der Waals surface area contributed by atoms with Gasteiger partial charge >= 0.3 is 6.03 Å². The van der Waals surface area contributed by atoms with Crippen molar-refractivity contribution < 1.29 is 14.0 Å². The predicted molar refractivity (Wildman–Crippen MR) is 67.4 cm³/mol. The van der Waals surface area contributed by atoms with Gasteiger partial charge in [0.2, 0.25) is 5.91 Å². The van der Waals surface area contributed by atoms with Crippen LogP contribution < -0.4 is 5.32 Å². The fourth-order valence-corrected chi connectivity index (χ4v) is 2.96. The monoisotopic (exact) mass is 269 g/mol. The van der Waals surface area contributed by atoms with Crippen molar-refractivity contribution in [3.8, 4) is 0 Å². The van der Waals surface area contributed by atoms with Crippen molar-refractivity contribution in [2.75, 3.05) is 19.6 Å². The van der Waals surface area contributed by atoms with Gasteiger partial charge in [0.05, 0.1) is 6.04 Å². The van der Waals surface area contributed by atoms with Crippen LogP contribution in [0.4, 0.5) is 9.18 Å². The zero-order chi connectivity index (χ0) is 13.4. The number of rotatable bonds is 2. The van der Waals surface area contributed by atoms with Gasteiger partial charge in [0, 0.05) is 19.1 Å². The van der Waals surface area contributed by atoms with Gasteiger partial charge in [-0.05, 0) is 32.1 Å². The molecule has 2 aliphatic carbocycles. The molecule has 19 heavy (non-hydrogen) atoms. The van der Waals surface area contributed by atoms with Gasteiger partial charge in [-0.2, -0.15) is 0 Å². The van der Waals surface area contributed by atoms with Crippen molar-refractivity contribution in [3.63, 3.8) is 0 Å². The number of nitrogens with one attached hydrogen (secondary N) is 1. The van der Waals surface area contributed by atoms with E-state index in [1.807, 2.05) is 4.90 Å². The van der Waals surface area contributed by atoms with E-state index in [9.17, 15) is 14.0 Å². The highest BCUT2D eigenvalue weighted by Crippen LogP contribution is 2.28. The molecule has 2 atom stereocenters. The van der Waals surface area contributed by atoms with Crippen molar-refractivity contribution in [1.29, 1.82) is 0 Å². The average molecular weight is 269 g/mol. The molecule has 1 saturated heterocycles. The van der Waals surface area contributed by atoms with Gasteiger partial charge in [0.15, 0.2) is 0 Å². The van der Waals surface area contributed by atoms with E-state index >= 15 is 0 Å². The number of alkyl halides is 1. The number of carbonyl (C=O) groups excluding carboxylic acids is 2. The fraction of sp³-hybridized carbons (Fsp3) is 0.846. The molecule has 3 rings (SSSR count). The van der Waals surface area contributed by atoms with Crippen molar-refractivity contribution in [1.82, 2.24) is 15.1 Å². The number of nitrogens with zero attached hydrogens (tertiary/aromatic N) is 2. The first-order valence-corrected chi connectivity index (χ1v) is 7.14. The molecule has 106 valence electrons. The van der Waals surface area contributed by atoms with Crippen LogP contribution in [0.3, 0.4) is 0 Å². The van der Waals surface area contributed by atoms with Crippen LogP contribution in [0, 0.1) is 0 Å². The summed E-state index contributed by atoms with van der Waals surface area (Å²) in [5.41, 5.74) is 0. The molecule has 3 amide bonds. The summed E-state index contributed by atoms with van der Waals surface area (Å²) in [4.78, 5) is 27.3. The van der Waals surface area contributed by atoms with Crippen LogP contribution in [0.1, 0.15) is 32.1 Å². The van der Waals surface area contributed by atoms with Crippen LogP contribution in [0.5, 0.6) is 0 Å². The maximum Gasteiger partial charge on any atom is 0.318 e. The van der Waals surface area contributed by atoms with Crippen molar-refractivity contribution in [2.45, 2.75) is 50.4 Å². The third kappa shape index (κ3) is 2.67. The molecule has 2 saturated carbocycles. The Morgan fingerprint density at radius 3 is 2.58 bits per heavy atom. The molecule has 0 aromatic heterocycles. The average Bonchev–Trinajstić information content (AvgIpc) is 3.15. The van der Waals surface area contributed by atoms with Gasteiger partial charge in [-0.3, -0.25) is 4.79 Å². The standard InChI is InChI=1S/C13H20FN3O2/c14-10-2-1-3-11(10)15-13(19)16-6-7-17(9-4-5-9)12(18)8-16/h9-11H,1-8H2,(H,15,19)/t10-,11+/m1/s1. The second-order valence-corrected chi connectivity index (χ2v) is 5.74. The fourth-order valence-electron chi connectivity index (χ4n) is 2.96. The summed E-state index contributed by atoms with van der Waals surface area (Å²) < 4.78 is 13.5. The minimum Gasteiger partial charge on any atom is -0.336 e. The van der Waals surface area contributed by atoms with E-state index in [2.05, 4.69) is 5.32 Å². The van der Waals surface area contributed by atoms with Crippen molar-refractivity contribution in [2.24, 2.45) is 0 Å². The Labute approximate surface area is 112 Å². The number of hydrogen-bond acceptors (Lipinski definition) is 2. The minimum absolute atomic E-state index is 0.0205. The van der Waals surface area contributed by atoms with E-state index in [0.717, 1.165) is 19.3 Å².